The van der Waals surface area contributed by atoms with Gasteiger partial charge < -0.3 is 9.73 Å². The maximum Gasteiger partial charge on any atom is 0.349 e. The van der Waals surface area contributed by atoms with Crippen molar-refractivity contribution in [2.45, 2.75) is 6.92 Å². The summed E-state index contributed by atoms with van der Waals surface area (Å²) < 4.78 is 5.98. The molecule has 2 aromatic rings. The van der Waals surface area contributed by atoms with Crippen LogP contribution in [0.5, 0.6) is 0 Å². The van der Waals surface area contributed by atoms with Gasteiger partial charge in [0, 0.05) is 9.86 Å². The van der Waals surface area contributed by atoms with Crippen molar-refractivity contribution in [3.05, 3.63) is 44.2 Å². The fourth-order valence-electron chi connectivity index (χ4n) is 1.81. The van der Waals surface area contributed by atoms with E-state index in [1.54, 1.807) is 25.1 Å². The van der Waals surface area contributed by atoms with Crippen LogP contribution in [0.2, 0.25) is 0 Å². The van der Waals surface area contributed by atoms with E-state index in [2.05, 4.69) is 27.2 Å². The zero-order valence-corrected chi connectivity index (χ0v) is 11.7. The number of amides is 1. The number of halogens is 1. The SMILES string of the molecule is C#CCNC(=O)c1c(C)c2cc(Br)ccc2oc1=O. The lowest BCUT2D eigenvalue weighted by molar-refractivity contribution is 0.0954. The molecule has 0 aliphatic heterocycles. The smallest absolute Gasteiger partial charge is 0.349 e. The van der Waals surface area contributed by atoms with Crippen LogP contribution in [0.15, 0.2) is 31.9 Å². The molecule has 0 unspecified atom stereocenters. The number of carbonyl (C=O) groups is 1. The second kappa shape index (κ2) is 5.29. The van der Waals surface area contributed by atoms with E-state index in [9.17, 15) is 9.59 Å². The lowest BCUT2D eigenvalue weighted by atomic mass is 10.1. The Kier molecular flexibility index (Phi) is 3.72. The Hall–Kier alpha value is -2.06. The van der Waals surface area contributed by atoms with Gasteiger partial charge in [0.05, 0.1) is 6.54 Å². The van der Waals surface area contributed by atoms with Gasteiger partial charge in [-0.25, -0.2) is 4.79 Å². The maximum atomic E-state index is 11.9. The molecule has 0 saturated heterocycles. The quantitative estimate of drug-likeness (QED) is 0.682. The van der Waals surface area contributed by atoms with Crippen LogP contribution in [0.4, 0.5) is 0 Å². The largest absolute Gasteiger partial charge is 0.422 e. The van der Waals surface area contributed by atoms with Gasteiger partial charge in [-0.2, -0.15) is 0 Å². The molecular formula is C14H10BrNO3. The number of nitrogens with one attached hydrogen (secondary N) is 1. The molecule has 0 atom stereocenters. The molecule has 0 radical (unpaired) electrons. The summed E-state index contributed by atoms with van der Waals surface area (Å²) in [5.74, 6) is 1.76. The number of hydrogen-bond acceptors (Lipinski definition) is 3. The Morgan fingerprint density at radius 1 is 1.53 bits per heavy atom. The second-order valence-electron chi connectivity index (χ2n) is 3.92. The molecule has 0 bridgehead atoms. The minimum Gasteiger partial charge on any atom is -0.422 e. The topological polar surface area (TPSA) is 59.3 Å². The van der Waals surface area contributed by atoms with Gasteiger partial charge in [0.2, 0.25) is 0 Å². The van der Waals surface area contributed by atoms with Crippen molar-refractivity contribution in [3.8, 4) is 12.3 Å². The first-order chi connectivity index (χ1) is 9.04. The minimum absolute atomic E-state index is 0.0131. The highest BCUT2D eigenvalue weighted by molar-refractivity contribution is 9.10. The van der Waals surface area contributed by atoms with Crippen LogP contribution in [0.1, 0.15) is 15.9 Å². The van der Waals surface area contributed by atoms with Crippen molar-refractivity contribution in [3.63, 3.8) is 0 Å². The van der Waals surface area contributed by atoms with E-state index in [1.807, 2.05) is 0 Å². The zero-order chi connectivity index (χ0) is 14.0. The summed E-state index contributed by atoms with van der Waals surface area (Å²) in [6, 6.07) is 5.24. The summed E-state index contributed by atoms with van der Waals surface area (Å²) in [7, 11) is 0. The molecule has 1 heterocycles. The molecule has 0 spiro atoms. The predicted molar refractivity (Wildman–Crippen MR) is 76.1 cm³/mol. The highest BCUT2D eigenvalue weighted by atomic mass is 79.9. The predicted octanol–water partition coefficient (Wildman–Crippen LogP) is 2.23. The monoisotopic (exact) mass is 319 g/mol. The fourth-order valence-corrected chi connectivity index (χ4v) is 2.17. The molecule has 1 aromatic carbocycles. The van der Waals surface area contributed by atoms with E-state index >= 15 is 0 Å². The zero-order valence-electron chi connectivity index (χ0n) is 10.1. The molecule has 2 rings (SSSR count). The number of fused-ring (bicyclic) bond motifs is 1. The molecule has 1 aromatic heterocycles. The van der Waals surface area contributed by atoms with Gasteiger partial charge in [-0.1, -0.05) is 21.9 Å². The van der Waals surface area contributed by atoms with Crippen LogP contribution in [0.25, 0.3) is 11.0 Å². The average molecular weight is 320 g/mol. The molecule has 1 N–H and O–H groups in total. The van der Waals surface area contributed by atoms with Crippen molar-refractivity contribution in [2.24, 2.45) is 0 Å². The van der Waals surface area contributed by atoms with Crippen LogP contribution < -0.4 is 10.9 Å². The van der Waals surface area contributed by atoms with Gasteiger partial charge in [-0.05, 0) is 30.7 Å². The van der Waals surface area contributed by atoms with Crippen molar-refractivity contribution < 1.29 is 9.21 Å². The Morgan fingerprint density at radius 3 is 2.95 bits per heavy atom. The summed E-state index contributed by atoms with van der Waals surface area (Å²) >= 11 is 3.34. The Morgan fingerprint density at radius 2 is 2.26 bits per heavy atom. The summed E-state index contributed by atoms with van der Waals surface area (Å²) in [6.45, 7) is 1.77. The van der Waals surface area contributed by atoms with Gasteiger partial charge >= 0.3 is 5.63 Å². The Bertz CT molecular complexity index is 756. The van der Waals surface area contributed by atoms with Crippen LogP contribution in [0, 0.1) is 19.3 Å². The molecule has 0 aliphatic carbocycles. The Labute approximate surface area is 117 Å². The van der Waals surface area contributed by atoms with Gasteiger partial charge in [0.15, 0.2) is 0 Å². The molecule has 19 heavy (non-hydrogen) atoms. The molecule has 5 heteroatoms. The van der Waals surface area contributed by atoms with Gasteiger partial charge in [-0.3, -0.25) is 4.79 Å². The fraction of sp³-hybridized carbons (Fsp3) is 0.143. The number of aryl methyl sites for hydroxylation is 1. The number of carbonyl (C=O) groups excluding carboxylic acids is 1. The third-order valence-corrected chi connectivity index (χ3v) is 3.20. The number of benzene rings is 1. The molecule has 1 amide bonds. The standard InChI is InChI=1S/C14H10BrNO3/c1-3-6-16-13(17)12-8(2)10-7-9(15)4-5-11(10)19-14(12)18/h1,4-5,7H,6H2,2H3,(H,16,17). The van der Waals surface area contributed by atoms with Crippen LogP contribution in [0.3, 0.4) is 0 Å². The van der Waals surface area contributed by atoms with E-state index in [1.165, 1.54) is 0 Å². The van der Waals surface area contributed by atoms with Gasteiger partial charge in [-0.15, -0.1) is 6.42 Å². The normalized spacial score (nSPS) is 10.2. The molecular weight excluding hydrogens is 310 g/mol. The average Bonchev–Trinajstić information content (AvgIpc) is 2.37. The lowest BCUT2D eigenvalue weighted by Gasteiger charge is -2.07. The van der Waals surface area contributed by atoms with Crippen LogP contribution in [-0.4, -0.2) is 12.5 Å². The summed E-state index contributed by atoms with van der Waals surface area (Å²) in [4.78, 5) is 23.7. The highest BCUT2D eigenvalue weighted by Crippen LogP contribution is 2.23. The lowest BCUT2D eigenvalue weighted by Crippen LogP contribution is -2.29. The van der Waals surface area contributed by atoms with Gasteiger partial charge in [0.25, 0.3) is 5.91 Å². The Balaban J connectivity index is 2.65. The van der Waals surface area contributed by atoms with E-state index in [-0.39, 0.29) is 12.1 Å². The summed E-state index contributed by atoms with van der Waals surface area (Å²) in [5.41, 5.74) is 0.337. The third-order valence-electron chi connectivity index (χ3n) is 2.71. The van der Waals surface area contributed by atoms with Crippen molar-refractivity contribution in [1.29, 1.82) is 0 Å². The van der Waals surface area contributed by atoms with Crippen molar-refractivity contribution in [2.75, 3.05) is 6.54 Å². The van der Waals surface area contributed by atoms with E-state index < -0.39 is 11.5 Å². The molecule has 0 fully saturated rings. The molecule has 0 saturated carbocycles. The summed E-state index contributed by atoms with van der Waals surface area (Å²) in [6.07, 6.45) is 5.07. The first kappa shape index (κ1) is 13.4. The van der Waals surface area contributed by atoms with Crippen LogP contribution in [-0.2, 0) is 0 Å². The van der Waals surface area contributed by atoms with E-state index in [0.717, 1.165) is 4.47 Å². The van der Waals surface area contributed by atoms with E-state index in [4.69, 9.17) is 10.8 Å². The first-order valence-electron chi connectivity index (χ1n) is 5.49. The third kappa shape index (κ3) is 2.54. The molecule has 96 valence electrons. The van der Waals surface area contributed by atoms with E-state index in [0.29, 0.717) is 16.5 Å². The first-order valence-corrected chi connectivity index (χ1v) is 6.28. The maximum absolute atomic E-state index is 11.9. The van der Waals surface area contributed by atoms with Crippen molar-refractivity contribution >= 4 is 32.8 Å². The number of rotatable bonds is 2. The molecule has 4 nitrogen and oxygen atoms in total. The van der Waals surface area contributed by atoms with Crippen LogP contribution >= 0.6 is 15.9 Å². The van der Waals surface area contributed by atoms with Crippen molar-refractivity contribution in [1.82, 2.24) is 5.32 Å². The second-order valence-corrected chi connectivity index (χ2v) is 4.83. The number of terminal acetylenes is 1. The molecule has 0 aliphatic rings. The van der Waals surface area contributed by atoms with Gasteiger partial charge in [0.1, 0.15) is 11.1 Å². The summed E-state index contributed by atoms with van der Waals surface area (Å²) in [5, 5.41) is 3.17. The number of hydrogen-bond donors (Lipinski definition) is 1. The minimum atomic E-state index is -0.665. The highest BCUT2D eigenvalue weighted by Gasteiger charge is 2.17.